The molecule has 5 heteroatoms. The predicted molar refractivity (Wildman–Crippen MR) is 85.8 cm³/mol. The Morgan fingerprint density at radius 1 is 1.35 bits per heavy atom. The molecule has 120 valence electrons. The number of carbonyl (C=O) groups excluding carboxylic acids is 1. The molecule has 1 amide bonds. The van der Waals surface area contributed by atoms with Crippen molar-refractivity contribution < 1.29 is 9.90 Å². The molecule has 2 heterocycles. The zero-order chi connectivity index (χ0) is 15.9. The van der Waals surface area contributed by atoms with Gasteiger partial charge in [0.1, 0.15) is 5.82 Å². The van der Waals surface area contributed by atoms with Crippen molar-refractivity contribution in [3.8, 4) is 0 Å². The summed E-state index contributed by atoms with van der Waals surface area (Å²) < 4.78 is 2.11. The van der Waals surface area contributed by atoms with E-state index in [1.807, 2.05) is 18.3 Å². The minimum atomic E-state index is -0.548. The van der Waals surface area contributed by atoms with Crippen LogP contribution in [0.15, 0.2) is 36.7 Å². The number of imidazole rings is 1. The number of amides is 1. The highest BCUT2D eigenvalue weighted by Gasteiger charge is 2.39. The van der Waals surface area contributed by atoms with Crippen LogP contribution in [0.25, 0.3) is 0 Å². The van der Waals surface area contributed by atoms with E-state index in [2.05, 4.69) is 27.0 Å². The zero-order valence-corrected chi connectivity index (χ0v) is 13.0. The molecule has 2 aromatic rings. The minimum absolute atomic E-state index is 0.0330. The van der Waals surface area contributed by atoms with E-state index in [-0.39, 0.29) is 18.4 Å². The number of aryl methyl sites for hydroxylation is 1. The Labute approximate surface area is 135 Å². The van der Waals surface area contributed by atoms with E-state index in [0.29, 0.717) is 19.3 Å². The molecule has 2 aliphatic rings. The van der Waals surface area contributed by atoms with Gasteiger partial charge in [-0.05, 0) is 30.4 Å². The van der Waals surface area contributed by atoms with Crippen molar-refractivity contribution in [2.24, 2.45) is 5.92 Å². The van der Waals surface area contributed by atoms with Crippen molar-refractivity contribution in [1.82, 2.24) is 14.9 Å². The fraction of sp³-hybridized carbons (Fsp3) is 0.444. The first-order valence-corrected chi connectivity index (χ1v) is 8.19. The summed E-state index contributed by atoms with van der Waals surface area (Å²) in [5, 5.41) is 13.1. The number of fused-ring (bicyclic) bond motifs is 2. The van der Waals surface area contributed by atoms with Crippen LogP contribution in [0.1, 0.15) is 23.4 Å². The second-order valence-electron chi connectivity index (χ2n) is 6.78. The highest BCUT2D eigenvalue weighted by molar-refractivity contribution is 5.80. The molecule has 1 aliphatic carbocycles. The van der Waals surface area contributed by atoms with Crippen LogP contribution >= 0.6 is 0 Å². The lowest BCUT2D eigenvalue weighted by Crippen LogP contribution is -2.54. The van der Waals surface area contributed by atoms with E-state index in [9.17, 15) is 9.90 Å². The van der Waals surface area contributed by atoms with Gasteiger partial charge in [0.25, 0.3) is 0 Å². The number of benzene rings is 1. The Hall–Kier alpha value is -2.14. The van der Waals surface area contributed by atoms with E-state index < -0.39 is 5.54 Å². The second-order valence-corrected chi connectivity index (χ2v) is 6.78. The van der Waals surface area contributed by atoms with Gasteiger partial charge in [0.2, 0.25) is 5.91 Å². The van der Waals surface area contributed by atoms with Gasteiger partial charge in [0, 0.05) is 31.3 Å². The number of aliphatic hydroxyl groups is 1. The van der Waals surface area contributed by atoms with Gasteiger partial charge in [0.05, 0.1) is 12.1 Å². The van der Waals surface area contributed by atoms with E-state index >= 15 is 0 Å². The van der Waals surface area contributed by atoms with Crippen LogP contribution in [0, 0.1) is 5.92 Å². The third-order valence-corrected chi connectivity index (χ3v) is 5.19. The summed E-state index contributed by atoms with van der Waals surface area (Å²) in [6.45, 7) is 0.800. The van der Waals surface area contributed by atoms with Crippen LogP contribution in [0.3, 0.4) is 0 Å². The zero-order valence-electron chi connectivity index (χ0n) is 13.0. The Morgan fingerprint density at radius 2 is 2.09 bits per heavy atom. The SMILES string of the molecule is O=C(NC1(CO)Cc2ccccc2C1)C1CCn2ccnc2C1. The maximum absolute atomic E-state index is 12.7. The van der Waals surface area contributed by atoms with Gasteiger partial charge in [-0.2, -0.15) is 0 Å². The first-order chi connectivity index (χ1) is 11.2. The van der Waals surface area contributed by atoms with Crippen LogP contribution < -0.4 is 5.32 Å². The van der Waals surface area contributed by atoms with Crippen molar-refractivity contribution in [3.63, 3.8) is 0 Å². The molecule has 1 aliphatic heterocycles. The Morgan fingerprint density at radius 3 is 2.78 bits per heavy atom. The van der Waals surface area contributed by atoms with Gasteiger partial charge in [-0.1, -0.05) is 24.3 Å². The molecule has 23 heavy (non-hydrogen) atoms. The summed E-state index contributed by atoms with van der Waals surface area (Å²) in [5.41, 5.74) is 1.90. The molecule has 0 saturated carbocycles. The van der Waals surface area contributed by atoms with Gasteiger partial charge in [-0.3, -0.25) is 4.79 Å². The number of hydrogen-bond acceptors (Lipinski definition) is 3. The van der Waals surface area contributed by atoms with E-state index in [1.165, 1.54) is 11.1 Å². The van der Waals surface area contributed by atoms with Gasteiger partial charge >= 0.3 is 0 Å². The van der Waals surface area contributed by atoms with Crippen molar-refractivity contribution >= 4 is 5.91 Å². The molecule has 1 aromatic carbocycles. The number of nitrogens with one attached hydrogen (secondary N) is 1. The number of aromatic nitrogens is 2. The predicted octanol–water partition coefficient (Wildman–Crippen LogP) is 1.09. The summed E-state index contributed by atoms with van der Waals surface area (Å²) in [6.07, 6.45) is 6.65. The highest BCUT2D eigenvalue weighted by atomic mass is 16.3. The first-order valence-electron chi connectivity index (χ1n) is 8.19. The number of rotatable bonds is 3. The lowest BCUT2D eigenvalue weighted by atomic mass is 9.92. The molecule has 0 radical (unpaired) electrons. The normalized spacial score (nSPS) is 21.5. The van der Waals surface area contributed by atoms with E-state index in [4.69, 9.17) is 0 Å². The third kappa shape index (κ3) is 2.55. The van der Waals surface area contributed by atoms with Crippen LogP contribution in [0.5, 0.6) is 0 Å². The first kappa shape index (κ1) is 14.5. The standard InChI is InChI=1S/C18H21N3O2/c22-12-18(10-14-3-1-2-4-15(14)11-18)20-17(23)13-5-7-21-8-6-19-16(21)9-13/h1-4,6,8,13,22H,5,7,9-12H2,(H,20,23). The summed E-state index contributed by atoms with van der Waals surface area (Å²) in [5.74, 6) is 0.960. The fourth-order valence-electron chi connectivity index (χ4n) is 3.87. The van der Waals surface area contributed by atoms with Crippen LogP contribution in [-0.4, -0.2) is 32.7 Å². The molecule has 1 atom stereocenters. The molecule has 0 fully saturated rings. The Bertz CT molecular complexity index is 712. The maximum atomic E-state index is 12.7. The van der Waals surface area contributed by atoms with Gasteiger partial charge in [0.15, 0.2) is 0 Å². The molecule has 5 nitrogen and oxygen atoms in total. The Kier molecular flexibility index (Phi) is 3.45. The van der Waals surface area contributed by atoms with Crippen molar-refractivity contribution in [2.45, 2.75) is 37.8 Å². The molecule has 4 rings (SSSR count). The van der Waals surface area contributed by atoms with Crippen molar-refractivity contribution in [2.75, 3.05) is 6.61 Å². The van der Waals surface area contributed by atoms with Crippen LogP contribution in [-0.2, 0) is 30.6 Å². The fourth-order valence-corrected chi connectivity index (χ4v) is 3.87. The molecule has 2 N–H and O–H groups in total. The number of hydrogen-bond donors (Lipinski definition) is 2. The second kappa shape index (κ2) is 5.49. The maximum Gasteiger partial charge on any atom is 0.224 e. The molecule has 1 aromatic heterocycles. The summed E-state index contributed by atoms with van der Waals surface area (Å²) in [4.78, 5) is 17.1. The topological polar surface area (TPSA) is 67.2 Å². The average Bonchev–Trinajstić information content (AvgIpc) is 3.18. The van der Waals surface area contributed by atoms with Crippen molar-refractivity contribution in [1.29, 1.82) is 0 Å². The van der Waals surface area contributed by atoms with Gasteiger partial charge in [-0.25, -0.2) is 4.98 Å². The van der Waals surface area contributed by atoms with Crippen LogP contribution in [0.4, 0.5) is 0 Å². The van der Waals surface area contributed by atoms with Crippen molar-refractivity contribution in [3.05, 3.63) is 53.6 Å². The molecular weight excluding hydrogens is 290 g/mol. The van der Waals surface area contributed by atoms with Gasteiger partial charge in [-0.15, -0.1) is 0 Å². The monoisotopic (exact) mass is 311 g/mol. The molecule has 0 bridgehead atoms. The summed E-state index contributed by atoms with van der Waals surface area (Å²) >= 11 is 0. The number of carbonyl (C=O) groups is 1. The largest absolute Gasteiger partial charge is 0.394 e. The van der Waals surface area contributed by atoms with Gasteiger partial charge < -0.3 is 15.0 Å². The molecular formula is C18H21N3O2. The Balaban J connectivity index is 1.48. The lowest BCUT2D eigenvalue weighted by molar-refractivity contribution is -0.128. The minimum Gasteiger partial charge on any atom is -0.394 e. The molecule has 0 saturated heterocycles. The number of nitrogens with zero attached hydrogens (tertiary/aromatic N) is 2. The quantitative estimate of drug-likeness (QED) is 0.892. The molecule has 1 unspecified atom stereocenters. The average molecular weight is 311 g/mol. The number of aliphatic hydroxyl groups excluding tert-OH is 1. The third-order valence-electron chi connectivity index (χ3n) is 5.19. The highest BCUT2D eigenvalue weighted by Crippen LogP contribution is 2.30. The smallest absolute Gasteiger partial charge is 0.224 e. The van der Waals surface area contributed by atoms with E-state index in [1.54, 1.807) is 6.20 Å². The summed E-state index contributed by atoms with van der Waals surface area (Å²) in [7, 11) is 0. The summed E-state index contributed by atoms with van der Waals surface area (Å²) in [6, 6.07) is 8.18. The lowest BCUT2D eigenvalue weighted by Gasteiger charge is -2.31. The van der Waals surface area contributed by atoms with Crippen LogP contribution in [0.2, 0.25) is 0 Å². The van der Waals surface area contributed by atoms with E-state index in [0.717, 1.165) is 18.8 Å². The molecule has 0 spiro atoms.